The Labute approximate surface area is 118 Å². The highest BCUT2D eigenvalue weighted by Crippen LogP contribution is 2.31. The van der Waals surface area contributed by atoms with E-state index >= 15 is 0 Å². The van der Waals surface area contributed by atoms with Crippen molar-refractivity contribution in [1.82, 2.24) is 4.98 Å². The van der Waals surface area contributed by atoms with Crippen LogP contribution in [0.25, 0.3) is 10.2 Å². The molecular formula is C13H8ClN3OS. The van der Waals surface area contributed by atoms with Crippen LogP contribution in [0.1, 0.15) is 0 Å². The Hall–Kier alpha value is -1.98. The van der Waals surface area contributed by atoms with Crippen molar-refractivity contribution in [2.75, 3.05) is 0 Å². The molecule has 0 saturated carbocycles. The molecule has 0 aliphatic heterocycles. The van der Waals surface area contributed by atoms with E-state index < -0.39 is 0 Å². The number of aromatic nitrogens is 1. The van der Waals surface area contributed by atoms with Crippen LogP contribution in [0.15, 0.2) is 52.7 Å². The molecule has 0 aliphatic rings. The Bertz CT molecular complexity index is 736. The van der Waals surface area contributed by atoms with E-state index in [4.69, 9.17) is 11.6 Å². The van der Waals surface area contributed by atoms with Gasteiger partial charge in [0, 0.05) is 0 Å². The van der Waals surface area contributed by atoms with Crippen molar-refractivity contribution in [2.45, 2.75) is 0 Å². The molecule has 94 valence electrons. The van der Waals surface area contributed by atoms with Crippen molar-refractivity contribution in [3.63, 3.8) is 0 Å². The lowest BCUT2D eigenvalue weighted by molar-refractivity contribution is 0.475. The van der Waals surface area contributed by atoms with E-state index in [2.05, 4.69) is 15.2 Å². The number of halogens is 1. The van der Waals surface area contributed by atoms with E-state index in [0.29, 0.717) is 10.8 Å². The van der Waals surface area contributed by atoms with Crippen LogP contribution in [0.3, 0.4) is 0 Å². The Morgan fingerprint density at radius 3 is 2.74 bits per heavy atom. The Kier molecular flexibility index (Phi) is 3.15. The van der Waals surface area contributed by atoms with E-state index in [9.17, 15) is 5.11 Å². The number of thiazole rings is 1. The SMILES string of the molecule is Oc1ccc(/N=N/c2nc3ccccc3s2)cc1Cl. The maximum Gasteiger partial charge on any atom is 0.231 e. The molecule has 3 aromatic rings. The number of hydrogen-bond donors (Lipinski definition) is 1. The molecular weight excluding hydrogens is 282 g/mol. The molecule has 2 aromatic carbocycles. The number of nitrogens with zero attached hydrogens (tertiary/aromatic N) is 3. The maximum absolute atomic E-state index is 9.31. The molecule has 0 fully saturated rings. The summed E-state index contributed by atoms with van der Waals surface area (Å²) in [6, 6.07) is 12.5. The third kappa shape index (κ3) is 2.57. The molecule has 6 heteroatoms. The highest BCUT2D eigenvalue weighted by molar-refractivity contribution is 7.21. The summed E-state index contributed by atoms with van der Waals surface area (Å²) in [5.41, 5.74) is 1.48. The van der Waals surface area contributed by atoms with Gasteiger partial charge in [-0.2, -0.15) is 0 Å². The lowest BCUT2D eigenvalue weighted by Gasteiger charge is -1.95. The van der Waals surface area contributed by atoms with Gasteiger partial charge in [-0.25, -0.2) is 4.98 Å². The largest absolute Gasteiger partial charge is 0.506 e. The smallest absolute Gasteiger partial charge is 0.231 e. The molecule has 0 radical (unpaired) electrons. The van der Waals surface area contributed by atoms with Crippen LogP contribution < -0.4 is 0 Å². The number of benzene rings is 2. The minimum atomic E-state index is 0.0283. The normalized spacial score (nSPS) is 11.4. The molecule has 0 atom stereocenters. The zero-order valence-electron chi connectivity index (χ0n) is 9.62. The Morgan fingerprint density at radius 1 is 1.11 bits per heavy atom. The van der Waals surface area contributed by atoms with Crippen molar-refractivity contribution < 1.29 is 5.11 Å². The third-order valence-electron chi connectivity index (χ3n) is 2.46. The van der Waals surface area contributed by atoms with E-state index in [-0.39, 0.29) is 10.8 Å². The van der Waals surface area contributed by atoms with Crippen molar-refractivity contribution in [3.05, 3.63) is 47.5 Å². The van der Waals surface area contributed by atoms with Gasteiger partial charge in [-0.05, 0) is 30.3 Å². The summed E-state index contributed by atoms with van der Waals surface area (Å²) in [6.45, 7) is 0. The summed E-state index contributed by atoms with van der Waals surface area (Å²) < 4.78 is 1.07. The van der Waals surface area contributed by atoms with Gasteiger partial charge in [0.05, 0.1) is 20.9 Å². The molecule has 1 aromatic heterocycles. The molecule has 19 heavy (non-hydrogen) atoms. The predicted octanol–water partition coefficient (Wildman–Crippen LogP) is 5.07. The van der Waals surface area contributed by atoms with Crippen LogP contribution in [0.5, 0.6) is 5.75 Å². The summed E-state index contributed by atoms with van der Waals surface area (Å²) in [6.07, 6.45) is 0. The lowest BCUT2D eigenvalue weighted by Crippen LogP contribution is -1.68. The van der Waals surface area contributed by atoms with Gasteiger partial charge in [0.2, 0.25) is 5.13 Å². The van der Waals surface area contributed by atoms with Gasteiger partial charge in [0.1, 0.15) is 5.75 Å². The summed E-state index contributed by atoms with van der Waals surface area (Å²) in [5.74, 6) is 0.0283. The molecule has 4 nitrogen and oxygen atoms in total. The first-order valence-corrected chi connectivity index (χ1v) is 6.68. The number of phenolic OH excluding ortho intramolecular Hbond substituents is 1. The van der Waals surface area contributed by atoms with Crippen LogP contribution >= 0.6 is 22.9 Å². The van der Waals surface area contributed by atoms with E-state index in [0.717, 1.165) is 10.2 Å². The molecule has 1 N–H and O–H groups in total. The van der Waals surface area contributed by atoms with E-state index in [1.165, 1.54) is 17.4 Å². The molecule has 0 amide bonds. The minimum absolute atomic E-state index is 0.0283. The zero-order valence-corrected chi connectivity index (χ0v) is 11.2. The van der Waals surface area contributed by atoms with E-state index in [1.54, 1.807) is 12.1 Å². The first-order valence-electron chi connectivity index (χ1n) is 5.48. The summed E-state index contributed by atoms with van der Waals surface area (Å²) in [7, 11) is 0. The van der Waals surface area contributed by atoms with Crippen LogP contribution in [0.2, 0.25) is 5.02 Å². The minimum Gasteiger partial charge on any atom is -0.506 e. The number of aromatic hydroxyl groups is 1. The quantitative estimate of drug-likeness (QED) is 0.669. The first kappa shape index (κ1) is 12.1. The Morgan fingerprint density at radius 2 is 1.95 bits per heavy atom. The number of fused-ring (bicyclic) bond motifs is 1. The second-order valence-electron chi connectivity index (χ2n) is 3.80. The first-order chi connectivity index (χ1) is 9.22. The number of hydrogen-bond acceptors (Lipinski definition) is 5. The van der Waals surface area contributed by atoms with Crippen molar-refractivity contribution >= 4 is 44.0 Å². The van der Waals surface area contributed by atoms with Gasteiger partial charge < -0.3 is 5.11 Å². The predicted molar refractivity (Wildman–Crippen MR) is 76.9 cm³/mol. The monoisotopic (exact) mass is 289 g/mol. The van der Waals surface area contributed by atoms with Crippen LogP contribution in [-0.2, 0) is 0 Å². The number of phenols is 1. The molecule has 3 rings (SSSR count). The summed E-state index contributed by atoms with van der Waals surface area (Å²) >= 11 is 7.27. The summed E-state index contributed by atoms with van der Waals surface area (Å²) in [4.78, 5) is 4.34. The van der Waals surface area contributed by atoms with Gasteiger partial charge in [-0.1, -0.05) is 35.1 Å². The van der Waals surface area contributed by atoms with Crippen LogP contribution in [0.4, 0.5) is 10.8 Å². The van der Waals surface area contributed by atoms with Gasteiger partial charge in [0.15, 0.2) is 0 Å². The fourth-order valence-corrected chi connectivity index (χ4v) is 2.52. The molecule has 0 bridgehead atoms. The fourth-order valence-electron chi connectivity index (χ4n) is 1.56. The summed E-state index contributed by atoms with van der Waals surface area (Å²) in [5, 5.41) is 18.3. The van der Waals surface area contributed by atoms with Gasteiger partial charge in [0.25, 0.3) is 0 Å². The van der Waals surface area contributed by atoms with Gasteiger partial charge in [-0.15, -0.1) is 10.2 Å². The molecule has 1 heterocycles. The van der Waals surface area contributed by atoms with Crippen LogP contribution in [-0.4, -0.2) is 10.1 Å². The second kappa shape index (κ2) is 4.95. The highest BCUT2D eigenvalue weighted by Gasteiger charge is 2.02. The zero-order chi connectivity index (χ0) is 13.2. The van der Waals surface area contributed by atoms with Crippen molar-refractivity contribution in [1.29, 1.82) is 0 Å². The average Bonchev–Trinajstić information content (AvgIpc) is 2.83. The standard InChI is InChI=1S/C13H8ClN3OS/c14-9-7-8(5-6-11(9)18)16-17-13-15-10-3-1-2-4-12(10)19-13/h1-7,18H/b17-16+. The lowest BCUT2D eigenvalue weighted by atomic mass is 10.3. The topological polar surface area (TPSA) is 57.8 Å². The van der Waals surface area contributed by atoms with Crippen LogP contribution in [0, 0.1) is 0 Å². The second-order valence-corrected chi connectivity index (χ2v) is 5.22. The van der Waals surface area contributed by atoms with Crippen molar-refractivity contribution in [3.8, 4) is 5.75 Å². The average molecular weight is 290 g/mol. The highest BCUT2D eigenvalue weighted by atomic mass is 35.5. The molecule has 0 unspecified atom stereocenters. The maximum atomic E-state index is 9.31. The number of rotatable bonds is 2. The van der Waals surface area contributed by atoms with Gasteiger partial charge >= 0.3 is 0 Å². The fraction of sp³-hybridized carbons (Fsp3) is 0. The molecule has 0 spiro atoms. The molecule has 0 saturated heterocycles. The number of azo groups is 1. The number of para-hydroxylation sites is 1. The van der Waals surface area contributed by atoms with E-state index in [1.807, 2.05) is 24.3 Å². The Balaban J connectivity index is 1.91. The van der Waals surface area contributed by atoms with Crippen molar-refractivity contribution in [2.24, 2.45) is 10.2 Å². The molecule has 0 aliphatic carbocycles. The van der Waals surface area contributed by atoms with Gasteiger partial charge in [-0.3, -0.25) is 0 Å². The third-order valence-corrected chi connectivity index (χ3v) is 3.69.